The highest BCUT2D eigenvalue weighted by atomic mass is 16.1. The molecular formula is C19H30N4O. The van der Waals surface area contributed by atoms with Crippen LogP contribution >= 0.6 is 0 Å². The topological polar surface area (TPSA) is 58.1 Å². The number of hydrogen-bond acceptors (Lipinski definition) is 4. The van der Waals surface area contributed by atoms with Gasteiger partial charge in [-0.3, -0.25) is 4.79 Å². The van der Waals surface area contributed by atoms with E-state index in [1.807, 2.05) is 20.0 Å². The Morgan fingerprint density at radius 1 is 1.25 bits per heavy atom. The number of aromatic nitrogens is 2. The molecule has 1 aliphatic carbocycles. The summed E-state index contributed by atoms with van der Waals surface area (Å²) in [6, 6.07) is -0.0300. The molecule has 1 aliphatic heterocycles. The second-order valence-electron chi connectivity index (χ2n) is 7.40. The zero-order chi connectivity index (χ0) is 16.9. The number of carbonyl (C=O) groups excluding carboxylic acids is 1. The molecule has 2 aliphatic rings. The summed E-state index contributed by atoms with van der Waals surface area (Å²) < 4.78 is 0. The first-order valence-electron chi connectivity index (χ1n) is 9.51. The standard InChI is InChI=1S/C19H30N4O/c1-14(21-18(24)12-16-8-9-16)17-13-20-19(22-15(17)2)23-10-6-4-3-5-7-11-23/h13-14,16H,3-12H2,1-2H3,(H,21,24). The van der Waals surface area contributed by atoms with E-state index in [1.54, 1.807) is 0 Å². The molecule has 1 saturated carbocycles. The molecule has 1 amide bonds. The minimum absolute atomic E-state index is 0.0300. The van der Waals surface area contributed by atoms with Gasteiger partial charge in [0.2, 0.25) is 11.9 Å². The van der Waals surface area contributed by atoms with Crippen LogP contribution in [0.3, 0.4) is 0 Å². The van der Waals surface area contributed by atoms with Gasteiger partial charge in [-0.2, -0.15) is 0 Å². The first-order valence-corrected chi connectivity index (χ1v) is 9.51. The normalized spacial score (nSPS) is 20.2. The fourth-order valence-corrected chi connectivity index (χ4v) is 3.45. The van der Waals surface area contributed by atoms with Gasteiger partial charge < -0.3 is 10.2 Å². The van der Waals surface area contributed by atoms with E-state index in [9.17, 15) is 4.79 Å². The summed E-state index contributed by atoms with van der Waals surface area (Å²) in [7, 11) is 0. The maximum atomic E-state index is 12.0. The molecule has 5 nitrogen and oxygen atoms in total. The lowest BCUT2D eigenvalue weighted by atomic mass is 10.1. The number of hydrogen-bond donors (Lipinski definition) is 1. The second-order valence-corrected chi connectivity index (χ2v) is 7.40. The van der Waals surface area contributed by atoms with Gasteiger partial charge in [0.1, 0.15) is 0 Å². The average molecular weight is 330 g/mol. The fraction of sp³-hybridized carbons (Fsp3) is 0.737. The lowest BCUT2D eigenvalue weighted by Crippen LogP contribution is -2.30. The largest absolute Gasteiger partial charge is 0.349 e. The molecule has 1 aromatic rings. The monoisotopic (exact) mass is 330 g/mol. The van der Waals surface area contributed by atoms with E-state index >= 15 is 0 Å². The van der Waals surface area contributed by atoms with E-state index in [0.29, 0.717) is 12.3 Å². The number of nitrogens with zero attached hydrogens (tertiary/aromatic N) is 3. The first kappa shape index (κ1) is 17.2. The van der Waals surface area contributed by atoms with Crippen molar-refractivity contribution in [3.8, 4) is 0 Å². The van der Waals surface area contributed by atoms with Gasteiger partial charge in [0.15, 0.2) is 0 Å². The van der Waals surface area contributed by atoms with Crippen molar-refractivity contribution in [1.29, 1.82) is 0 Å². The summed E-state index contributed by atoms with van der Waals surface area (Å²) in [6.45, 7) is 6.14. The molecule has 0 bridgehead atoms. The maximum Gasteiger partial charge on any atom is 0.225 e. The highest BCUT2D eigenvalue weighted by molar-refractivity contribution is 5.77. The van der Waals surface area contributed by atoms with Crippen LogP contribution in [0, 0.1) is 12.8 Å². The van der Waals surface area contributed by atoms with Crippen LogP contribution in [-0.2, 0) is 4.79 Å². The van der Waals surface area contributed by atoms with E-state index in [1.165, 1.54) is 44.9 Å². The predicted molar refractivity (Wildman–Crippen MR) is 96.0 cm³/mol. The quantitative estimate of drug-likeness (QED) is 0.897. The summed E-state index contributed by atoms with van der Waals surface area (Å²) in [5.41, 5.74) is 2.00. The minimum Gasteiger partial charge on any atom is -0.349 e. The molecule has 0 aromatic carbocycles. The molecule has 1 atom stereocenters. The molecule has 0 spiro atoms. The molecule has 2 heterocycles. The highest BCUT2D eigenvalue weighted by Gasteiger charge is 2.25. The van der Waals surface area contributed by atoms with E-state index in [2.05, 4.69) is 15.2 Å². The summed E-state index contributed by atoms with van der Waals surface area (Å²) in [4.78, 5) is 23.7. The molecular weight excluding hydrogens is 300 g/mol. The van der Waals surface area contributed by atoms with Crippen LogP contribution in [-0.4, -0.2) is 29.0 Å². The highest BCUT2D eigenvalue weighted by Crippen LogP contribution is 2.32. The van der Waals surface area contributed by atoms with Crippen molar-refractivity contribution in [2.75, 3.05) is 18.0 Å². The Kier molecular flexibility index (Phi) is 5.69. The number of nitrogens with one attached hydrogen (secondary N) is 1. The van der Waals surface area contributed by atoms with Crippen molar-refractivity contribution >= 4 is 11.9 Å². The van der Waals surface area contributed by atoms with Crippen LogP contribution in [0.1, 0.15) is 75.6 Å². The summed E-state index contributed by atoms with van der Waals surface area (Å²) in [5, 5.41) is 3.09. The third-order valence-corrected chi connectivity index (χ3v) is 5.16. The molecule has 1 unspecified atom stereocenters. The zero-order valence-corrected chi connectivity index (χ0v) is 15.1. The van der Waals surface area contributed by atoms with E-state index in [4.69, 9.17) is 4.98 Å². The molecule has 0 radical (unpaired) electrons. The van der Waals surface area contributed by atoms with Gasteiger partial charge in [-0.05, 0) is 45.4 Å². The average Bonchev–Trinajstić information content (AvgIpc) is 3.30. The Hall–Kier alpha value is -1.65. The fourth-order valence-electron chi connectivity index (χ4n) is 3.45. The van der Waals surface area contributed by atoms with E-state index in [0.717, 1.165) is 30.3 Å². The molecule has 1 aromatic heterocycles. The Labute approximate surface area is 145 Å². The Bertz CT molecular complexity index is 562. The van der Waals surface area contributed by atoms with Crippen LogP contribution in [0.15, 0.2) is 6.20 Å². The SMILES string of the molecule is Cc1nc(N2CCCCCCC2)ncc1C(C)NC(=O)CC1CC1. The summed E-state index contributed by atoms with van der Waals surface area (Å²) >= 11 is 0. The smallest absolute Gasteiger partial charge is 0.225 e. The van der Waals surface area contributed by atoms with Gasteiger partial charge >= 0.3 is 0 Å². The van der Waals surface area contributed by atoms with Crippen LogP contribution in [0.5, 0.6) is 0 Å². The minimum atomic E-state index is -0.0300. The molecule has 132 valence electrons. The molecule has 1 saturated heterocycles. The Morgan fingerprint density at radius 2 is 1.92 bits per heavy atom. The number of aryl methyl sites for hydroxylation is 1. The third kappa shape index (κ3) is 4.68. The Morgan fingerprint density at radius 3 is 2.54 bits per heavy atom. The molecule has 5 heteroatoms. The van der Waals surface area contributed by atoms with Crippen LogP contribution in [0.4, 0.5) is 5.95 Å². The van der Waals surface area contributed by atoms with Gasteiger partial charge in [-0.1, -0.05) is 19.3 Å². The summed E-state index contributed by atoms with van der Waals surface area (Å²) in [5.74, 6) is 1.61. The van der Waals surface area contributed by atoms with Crippen LogP contribution in [0.2, 0.25) is 0 Å². The van der Waals surface area contributed by atoms with Gasteiger partial charge in [0, 0.05) is 37.0 Å². The number of carbonyl (C=O) groups is 1. The number of anilines is 1. The molecule has 24 heavy (non-hydrogen) atoms. The van der Waals surface area contributed by atoms with Gasteiger partial charge in [0.05, 0.1) is 6.04 Å². The van der Waals surface area contributed by atoms with Gasteiger partial charge in [-0.15, -0.1) is 0 Å². The number of rotatable bonds is 5. The zero-order valence-electron chi connectivity index (χ0n) is 15.1. The predicted octanol–water partition coefficient (Wildman–Crippen LogP) is 3.53. The van der Waals surface area contributed by atoms with Crippen LogP contribution < -0.4 is 10.2 Å². The van der Waals surface area contributed by atoms with Gasteiger partial charge in [0.25, 0.3) is 0 Å². The molecule has 2 fully saturated rings. The second kappa shape index (κ2) is 7.95. The van der Waals surface area contributed by atoms with Crippen molar-refractivity contribution in [3.05, 3.63) is 17.5 Å². The number of amides is 1. The maximum absolute atomic E-state index is 12.0. The third-order valence-electron chi connectivity index (χ3n) is 5.16. The lowest BCUT2D eigenvalue weighted by Gasteiger charge is -2.25. The van der Waals surface area contributed by atoms with Crippen molar-refractivity contribution < 1.29 is 4.79 Å². The lowest BCUT2D eigenvalue weighted by molar-refractivity contribution is -0.122. The van der Waals surface area contributed by atoms with Gasteiger partial charge in [-0.25, -0.2) is 9.97 Å². The van der Waals surface area contributed by atoms with Crippen molar-refractivity contribution in [3.63, 3.8) is 0 Å². The van der Waals surface area contributed by atoms with Crippen molar-refractivity contribution in [2.24, 2.45) is 5.92 Å². The Balaban J connectivity index is 1.63. The van der Waals surface area contributed by atoms with E-state index < -0.39 is 0 Å². The summed E-state index contributed by atoms with van der Waals surface area (Å²) in [6.07, 6.45) is 11.4. The van der Waals surface area contributed by atoms with Crippen molar-refractivity contribution in [1.82, 2.24) is 15.3 Å². The van der Waals surface area contributed by atoms with Crippen LogP contribution in [0.25, 0.3) is 0 Å². The molecule has 3 rings (SSSR count). The van der Waals surface area contributed by atoms with E-state index in [-0.39, 0.29) is 11.9 Å². The van der Waals surface area contributed by atoms with Crippen molar-refractivity contribution in [2.45, 2.75) is 71.3 Å². The first-order chi connectivity index (χ1) is 11.6. The molecule has 1 N–H and O–H groups in total.